The second-order valence-electron chi connectivity index (χ2n) is 3.17. The van der Waals surface area contributed by atoms with Crippen molar-refractivity contribution in [2.24, 2.45) is 0 Å². The molecule has 1 fully saturated rings. The molecule has 0 spiro atoms. The number of rotatable bonds is 3. The molecule has 76 valence electrons. The zero-order chi connectivity index (χ0) is 11.1. The van der Waals surface area contributed by atoms with Gasteiger partial charge in [-0.15, -0.1) is 0 Å². The molecule has 1 aromatic rings. The quantitative estimate of drug-likeness (QED) is 0.486. The molecule has 0 radical (unpaired) electrons. The third-order valence-corrected chi connectivity index (χ3v) is 2.00. The summed E-state index contributed by atoms with van der Waals surface area (Å²) in [5.41, 5.74) is 1.04. The van der Waals surface area contributed by atoms with Crippen molar-refractivity contribution in [1.82, 2.24) is 0 Å². The van der Waals surface area contributed by atoms with Gasteiger partial charge in [0.15, 0.2) is 5.97 Å². The summed E-state index contributed by atoms with van der Waals surface area (Å²) >= 11 is 4.25. The number of carbonyl (C=O) groups excluding carboxylic acids is 1. The van der Waals surface area contributed by atoms with E-state index in [9.17, 15) is 4.79 Å². The minimum atomic E-state index is -0.121. The minimum absolute atomic E-state index is 0.121. The van der Waals surface area contributed by atoms with E-state index in [1.165, 1.54) is 16.3 Å². The van der Waals surface area contributed by atoms with Crippen molar-refractivity contribution < 1.29 is 25.9 Å². The number of ether oxygens (including phenoxy) is 1. The van der Waals surface area contributed by atoms with Gasteiger partial charge in [0.2, 0.25) is 0 Å². The molecule has 0 aliphatic heterocycles. The van der Waals surface area contributed by atoms with E-state index in [1.54, 1.807) is 0 Å². The van der Waals surface area contributed by atoms with E-state index in [1.807, 2.05) is 30.3 Å². The maximum atomic E-state index is 11.1. The van der Waals surface area contributed by atoms with Crippen LogP contribution in [0.4, 0.5) is 0 Å². The summed E-state index contributed by atoms with van der Waals surface area (Å²) in [5.74, 6) is 0.805. The van der Waals surface area contributed by atoms with Gasteiger partial charge in [-0.1, -0.05) is 30.3 Å². The van der Waals surface area contributed by atoms with E-state index in [0.29, 0.717) is 6.61 Å². The number of hydrogen-bond donors (Lipinski definition) is 0. The molecule has 1 aromatic carbocycles. The van der Waals surface area contributed by atoms with Crippen molar-refractivity contribution in [3.8, 4) is 0 Å². The molecule has 0 saturated heterocycles. The average Bonchev–Trinajstić information content (AvgIpc) is 3.14. The Kier molecular flexibility index (Phi) is 5.96. The topological polar surface area (TPSA) is 26.3 Å². The Labute approximate surface area is 106 Å². The van der Waals surface area contributed by atoms with Gasteiger partial charge in [-0.2, -0.15) is 12.8 Å². The maximum absolute atomic E-state index is 11.1. The molecule has 4 heteroatoms. The second kappa shape index (κ2) is 7.02. The van der Waals surface area contributed by atoms with Gasteiger partial charge in [0.05, 0.1) is 0 Å². The number of carbonyl (C=O) groups is 1. The molecule has 0 amide bonds. The van der Waals surface area contributed by atoms with Crippen LogP contribution in [-0.2, 0) is 32.5 Å². The zero-order valence-corrected chi connectivity index (χ0v) is 13.0. The van der Waals surface area contributed by atoms with Gasteiger partial charge in [-0.3, -0.25) is 10.7 Å². The van der Waals surface area contributed by atoms with E-state index in [4.69, 9.17) is 4.74 Å². The summed E-state index contributed by atoms with van der Waals surface area (Å²) in [4.78, 5) is 11.1. The van der Waals surface area contributed by atoms with Gasteiger partial charge in [0.1, 0.15) is 6.61 Å². The van der Waals surface area contributed by atoms with Gasteiger partial charge in [0, 0.05) is 0 Å². The van der Waals surface area contributed by atoms with E-state index in [2.05, 4.69) is 13.6 Å². The Morgan fingerprint density at radius 3 is 2.47 bits per heavy atom. The second-order valence-corrected chi connectivity index (χ2v) is 3.17. The van der Waals surface area contributed by atoms with E-state index < -0.39 is 0 Å². The Bertz CT molecular complexity index is 299. The van der Waals surface area contributed by atoms with Gasteiger partial charge in [-0.05, 0) is 5.56 Å². The van der Waals surface area contributed by atoms with Crippen LogP contribution in [0.25, 0.3) is 0 Å². The first-order valence-electron chi connectivity index (χ1n) is 4.69. The standard InChI is InChI=1S/C11H11O2.BrH.Zn/c12-11(10-6-7-10)13-8-9-4-2-1-3-5-9;;/h1-5H,6-8H2;1H;/q-1;;+2/p-1. The van der Waals surface area contributed by atoms with Crippen LogP contribution >= 0.6 is 13.6 Å². The van der Waals surface area contributed by atoms with Crippen molar-refractivity contribution in [2.75, 3.05) is 0 Å². The summed E-state index contributed by atoms with van der Waals surface area (Å²) in [6.45, 7) is 0.392. The van der Waals surface area contributed by atoms with Crippen molar-refractivity contribution in [3.63, 3.8) is 0 Å². The third kappa shape index (κ3) is 4.81. The molecule has 0 heterocycles. The molecule has 0 N–H and O–H groups in total. The Morgan fingerprint density at radius 2 is 1.93 bits per heavy atom. The SMILES string of the molecule is O=C(OCc1ccccc1)[C-]1CC1.[Zn+][Br]. The number of hydrogen-bond acceptors (Lipinski definition) is 2. The molecule has 15 heavy (non-hydrogen) atoms. The monoisotopic (exact) mass is 318 g/mol. The van der Waals surface area contributed by atoms with Gasteiger partial charge < -0.3 is 4.74 Å². The average molecular weight is 321 g/mol. The number of esters is 1. The number of benzene rings is 1. The van der Waals surface area contributed by atoms with Crippen molar-refractivity contribution >= 4 is 19.6 Å². The Morgan fingerprint density at radius 1 is 1.33 bits per heavy atom. The van der Waals surface area contributed by atoms with Crippen LogP contribution in [0.15, 0.2) is 30.3 Å². The molecule has 0 unspecified atom stereocenters. The van der Waals surface area contributed by atoms with E-state index >= 15 is 0 Å². The van der Waals surface area contributed by atoms with Crippen molar-refractivity contribution in [1.29, 1.82) is 0 Å². The van der Waals surface area contributed by atoms with Crippen LogP contribution in [0, 0.1) is 5.92 Å². The molecule has 2 nitrogen and oxygen atoms in total. The molecule has 1 saturated carbocycles. The van der Waals surface area contributed by atoms with Gasteiger partial charge in [-0.25, -0.2) is 0 Å². The summed E-state index contributed by atoms with van der Waals surface area (Å²) in [6, 6.07) is 9.72. The molecular formula is C11H11BrO2Zn. The first-order valence-corrected chi connectivity index (χ1v) is 11.6. The predicted molar refractivity (Wildman–Crippen MR) is 57.6 cm³/mol. The fourth-order valence-corrected chi connectivity index (χ4v) is 1.09. The first-order chi connectivity index (χ1) is 7.36. The Balaban J connectivity index is 0.000000531. The van der Waals surface area contributed by atoms with Crippen LogP contribution < -0.4 is 0 Å². The first kappa shape index (κ1) is 12.7. The fraction of sp³-hybridized carbons (Fsp3) is 0.273. The van der Waals surface area contributed by atoms with Crippen LogP contribution in [0.1, 0.15) is 18.4 Å². The third-order valence-electron chi connectivity index (χ3n) is 2.00. The van der Waals surface area contributed by atoms with Crippen LogP contribution in [0.3, 0.4) is 0 Å². The van der Waals surface area contributed by atoms with Gasteiger partial charge in [0.25, 0.3) is 0 Å². The molecule has 2 rings (SSSR count). The summed E-state index contributed by atoms with van der Waals surface area (Å²) in [7, 11) is 0. The molecule has 0 aromatic heterocycles. The normalized spacial score (nSPS) is 12.6. The molecular weight excluding hydrogens is 309 g/mol. The molecule has 0 atom stereocenters. The Hall–Kier alpha value is -0.337. The summed E-state index contributed by atoms with van der Waals surface area (Å²) < 4.78 is 5.08. The van der Waals surface area contributed by atoms with Crippen molar-refractivity contribution in [2.45, 2.75) is 19.4 Å². The predicted octanol–water partition coefficient (Wildman–Crippen LogP) is 2.94. The van der Waals surface area contributed by atoms with Crippen LogP contribution in [0.2, 0.25) is 0 Å². The van der Waals surface area contributed by atoms with Crippen LogP contribution in [-0.4, -0.2) is 5.97 Å². The molecule has 0 bridgehead atoms. The summed E-state index contributed by atoms with van der Waals surface area (Å²) in [6.07, 6.45) is 1.85. The fourth-order valence-electron chi connectivity index (χ4n) is 1.09. The zero-order valence-electron chi connectivity index (χ0n) is 8.41. The van der Waals surface area contributed by atoms with Gasteiger partial charge >= 0.3 is 30.0 Å². The molecule has 1 aliphatic rings. The van der Waals surface area contributed by atoms with Crippen molar-refractivity contribution in [3.05, 3.63) is 41.8 Å². The van der Waals surface area contributed by atoms with E-state index in [-0.39, 0.29) is 5.97 Å². The number of halogens is 1. The summed E-state index contributed by atoms with van der Waals surface area (Å²) in [5, 5.41) is 0. The van der Waals surface area contributed by atoms with Crippen LogP contribution in [0.5, 0.6) is 0 Å². The van der Waals surface area contributed by atoms with E-state index in [0.717, 1.165) is 24.3 Å². The molecule has 1 aliphatic carbocycles.